The highest BCUT2D eigenvalue weighted by Gasteiger charge is 2.11. The maximum Gasteiger partial charge on any atom is 0.303 e. The van der Waals surface area contributed by atoms with Crippen LogP contribution >= 0.6 is 0 Å². The maximum absolute atomic E-state index is 10.5. The van der Waals surface area contributed by atoms with Crippen LogP contribution in [0.2, 0.25) is 0 Å². The van der Waals surface area contributed by atoms with E-state index >= 15 is 0 Å². The molecule has 0 aliphatic carbocycles. The molecular weight excluding hydrogens is 244 g/mol. The van der Waals surface area contributed by atoms with E-state index in [9.17, 15) is 4.79 Å². The number of carboxylic acid groups (broad SMARTS) is 1. The Balaban J connectivity index is 2.52. The van der Waals surface area contributed by atoms with Gasteiger partial charge in [0.1, 0.15) is 5.75 Å². The lowest BCUT2D eigenvalue weighted by Gasteiger charge is -2.17. The van der Waals surface area contributed by atoms with Gasteiger partial charge in [-0.25, -0.2) is 0 Å². The molecule has 1 N–H and O–H groups in total. The van der Waals surface area contributed by atoms with Gasteiger partial charge in [-0.05, 0) is 43.9 Å². The first-order valence-corrected chi connectivity index (χ1v) is 6.64. The Morgan fingerprint density at radius 3 is 2.47 bits per heavy atom. The van der Waals surface area contributed by atoms with Crippen molar-refractivity contribution in [2.45, 2.75) is 38.7 Å². The van der Waals surface area contributed by atoms with Crippen molar-refractivity contribution in [1.29, 1.82) is 0 Å². The van der Waals surface area contributed by atoms with Crippen LogP contribution in [0.4, 0.5) is 0 Å². The van der Waals surface area contributed by atoms with Gasteiger partial charge < -0.3 is 14.6 Å². The molecule has 0 amide bonds. The SMILES string of the molecule is CCOC(CCCCC(=O)O)c1ccc(OC)cc1. The van der Waals surface area contributed by atoms with Crippen molar-refractivity contribution < 1.29 is 19.4 Å². The summed E-state index contributed by atoms with van der Waals surface area (Å²) in [5.41, 5.74) is 1.11. The minimum atomic E-state index is -0.739. The molecule has 0 spiro atoms. The minimum absolute atomic E-state index is 0.0321. The summed E-state index contributed by atoms with van der Waals surface area (Å²) in [4.78, 5) is 10.5. The Hall–Kier alpha value is -1.55. The van der Waals surface area contributed by atoms with Crippen molar-refractivity contribution in [2.75, 3.05) is 13.7 Å². The fraction of sp³-hybridized carbons (Fsp3) is 0.533. The highest BCUT2D eigenvalue weighted by atomic mass is 16.5. The molecule has 1 unspecified atom stereocenters. The smallest absolute Gasteiger partial charge is 0.303 e. The quantitative estimate of drug-likeness (QED) is 0.696. The number of carbonyl (C=O) groups is 1. The number of hydrogen-bond donors (Lipinski definition) is 1. The molecular formula is C15H22O4. The molecule has 0 bridgehead atoms. The van der Waals surface area contributed by atoms with Gasteiger partial charge in [-0.15, -0.1) is 0 Å². The molecule has 0 aliphatic rings. The standard InChI is InChI=1S/C15H22O4/c1-3-19-14(6-4-5-7-15(16)17)12-8-10-13(18-2)11-9-12/h8-11,14H,3-7H2,1-2H3,(H,16,17). The first-order valence-electron chi connectivity index (χ1n) is 6.64. The molecule has 4 heteroatoms. The van der Waals surface area contributed by atoms with Crippen LogP contribution < -0.4 is 4.74 Å². The van der Waals surface area contributed by atoms with Crippen LogP contribution in [-0.2, 0) is 9.53 Å². The Bertz CT molecular complexity index is 372. The molecule has 0 saturated carbocycles. The van der Waals surface area contributed by atoms with Crippen LogP contribution in [0.25, 0.3) is 0 Å². The van der Waals surface area contributed by atoms with E-state index in [1.165, 1.54) is 0 Å². The fourth-order valence-electron chi connectivity index (χ4n) is 1.97. The van der Waals surface area contributed by atoms with E-state index in [0.29, 0.717) is 13.0 Å². The van der Waals surface area contributed by atoms with Gasteiger partial charge in [-0.2, -0.15) is 0 Å². The average Bonchev–Trinajstić information content (AvgIpc) is 2.42. The molecule has 0 fully saturated rings. The lowest BCUT2D eigenvalue weighted by molar-refractivity contribution is -0.137. The van der Waals surface area contributed by atoms with Crippen LogP contribution in [0.5, 0.6) is 5.75 Å². The van der Waals surface area contributed by atoms with E-state index in [0.717, 1.165) is 24.2 Å². The molecule has 0 aliphatic heterocycles. The number of hydrogen-bond acceptors (Lipinski definition) is 3. The summed E-state index contributed by atoms with van der Waals surface area (Å²) in [6, 6.07) is 7.82. The van der Waals surface area contributed by atoms with Crippen molar-refractivity contribution >= 4 is 5.97 Å². The van der Waals surface area contributed by atoms with Gasteiger partial charge >= 0.3 is 5.97 Å². The number of unbranched alkanes of at least 4 members (excludes halogenated alkanes) is 1. The molecule has 1 aromatic carbocycles. The predicted octanol–water partition coefficient (Wildman–Crippen LogP) is 3.42. The fourth-order valence-corrected chi connectivity index (χ4v) is 1.97. The van der Waals surface area contributed by atoms with Gasteiger partial charge in [-0.3, -0.25) is 4.79 Å². The van der Waals surface area contributed by atoms with E-state index in [4.69, 9.17) is 14.6 Å². The third-order valence-electron chi connectivity index (χ3n) is 2.96. The van der Waals surface area contributed by atoms with Crippen molar-refractivity contribution in [3.63, 3.8) is 0 Å². The van der Waals surface area contributed by atoms with Gasteiger partial charge in [0.05, 0.1) is 13.2 Å². The number of rotatable bonds is 9. The normalized spacial score (nSPS) is 12.1. The molecule has 0 heterocycles. The van der Waals surface area contributed by atoms with Crippen molar-refractivity contribution in [3.8, 4) is 5.75 Å². The average molecular weight is 266 g/mol. The third-order valence-corrected chi connectivity index (χ3v) is 2.96. The van der Waals surface area contributed by atoms with Crippen molar-refractivity contribution in [3.05, 3.63) is 29.8 Å². The van der Waals surface area contributed by atoms with E-state index in [-0.39, 0.29) is 12.5 Å². The lowest BCUT2D eigenvalue weighted by Crippen LogP contribution is -2.05. The number of carboxylic acids is 1. The van der Waals surface area contributed by atoms with Gasteiger partial charge in [-0.1, -0.05) is 12.1 Å². The first-order chi connectivity index (χ1) is 9.17. The summed E-state index contributed by atoms with van der Waals surface area (Å²) in [5.74, 6) is 0.0854. The molecule has 1 rings (SSSR count). The predicted molar refractivity (Wildman–Crippen MR) is 73.5 cm³/mol. The zero-order chi connectivity index (χ0) is 14.1. The first kappa shape index (κ1) is 15.5. The summed E-state index contributed by atoms with van der Waals surface area (Å²) in [7, 11) is 1.64. The number of methoxy groups -OCH3 is 1. The van der Waals surface area contributed by atoms with Crippen molar-refractivity contribution in [2.24, 2.45) is 0 Å². The Labute approximate surface area is 114 Å². The second-order valence-corrected chi connectivity index (χ2v) is 4.36. The summed E-state index contributed by atoms with van der Waals surface area (Å²) in [5, 5.41) is 8.61. The largest absolute Gasteiger partial charge is 0.497 e. The monoisotopic (exact) mass is 266 g/mol. The summed E-state index contributed by atoms with van der Waals surface area (Å²) < 4.78 is 10.8. The molecule has 106 valence electrons. The van der Waals surface area contributed by atoms with Crippen LogP contribution in [0.1, 0.15) is 44.3 Å². The van der Waals surface area contributed by atoms with Crippen molar-refractivity contribution in [1.82, 2.24) is 0 Å². The molecule has 0 aromatic heterocycles. The van der Waals surface area contributed by atoms with Gasteiger partial charge in [0, 0.05) is 13.0 Å². The van der Waals surface area contributed by atoms with Crippen LogP contribution in [-0.4, -0.2) is 24.8 Å². The second-order valence-electron chi connectivity index (χ2n) is 4.36. The molecule has 4 nitrogen and oxygen atoms in total. The zero-order valence-corrected chi connectivity index (χ0v) is 11.6. The highest BCUT2D eigenvalue weighted by molar-refractivity contribution is 5.66. The summed E-state index contributed by atoms with van der Waals surface area (Å²) >= 11 is 0. The Morgan fingerprint density at radius 2 is 1.95 bits per heavy atom. The topological polar surface area (TPSA) is 55.8 Å². The van der Waals surface area contributed by atoms with E-state index in [1.807, 2.05) is 31.2 Å². The van der Waals surface area contributed by atoms with Crippen LogP contribution in [0.3, 0.4) is 0 Å². The van der Waals surface area contributed by atoms with E-state index in [2.05, 4.69) is 0 Å². The molecule has 0 radical (unpaired) electrons. The highest BCUT2D eigenvalue weighted by Crippen LogP contribution is 2.25. The minimum Gasteiger partial charge on any atom is -0.497 e. The second kappa shape index (κ2) is 8.53. The van der Waals surface area contributed by atoms with Gasteiger partial charge in [0.2, 0.25) is 0 Å². The number of aliphatic carboxylic acids is 1. The zero-order valence-electron chi connectivity index (χ0n) is 11.6. The van der Waals surface area contributed by atoms with Gasteiger partial charge in [0.25, 0.3) is 0 Å². The molecule has 1 aromatic rings. The third kappa shape index (κ3) is 5.75. The van der Waals surface area contributed by atoms with Crippen LogP contribution in [0, 0.1) is 0 Å². The molecule has 0 saturated heterocycles. The maximum atomic E-state index is 10.5. The van der Waals surface area contributed by atoms with Gasteiger partial charge in [0.15, 0.2) is 0 Å². The lowest BCUT2D eigenvalue weighted by atomic mass is 10.0. The van der Waals surface area contributed by atoms with E-state index in [1.54, 1.807) is 7.11 Å². The Morgan fingerprint density at radius 1 is 1.26 bits per heavy atom. The van der Waals surface area contributed by atoms with Crippen LogP contribution in [0.15, 0.2) is 24.3 Å². The molecule has 1 atom stereocenters. The summed E-state index contributed by atoms with van der Waals surface area (Å²) in [6.45, 7) is 2.61. The summed E-state index contributed by atoms with van der Waals surface area (Å²) in [6.07, 6.45) is 2.64. The number of benzene rings is 1. The Kier molecular flexibility index (Phi) is 6.97. The number of ether oxygens (including phenoxy) is 2. The van der Waals surface area contributed by atoms with E-state index < -0.39 is 5.97 Å². The molecule has 19 heavy (non-hydrogen) atoms.